The first-order chi connectivity index (χ1) is 26.4. The molecule has 0 spiro atoms. The highest BCUT2D eigenvalue weighted by Crippen LogP contribution is 2.55. The van der Waals surface area contributed by atoms with Gasteiger partial charge in [0.25, 0.3) is 0 Å². The van der Waals surface area contributed by atoms with Crippen LogP contribution in [0.4, 0.5) is 5.82 Å². The molecular formula is C41H49ClN3O9PS. The number of rotatable bonds is 13. The predicted octanol–water partition coefficient (Wildman–Crippen LogP) is 8.85. The minimum Gasteiger partial charge on any atom is -0.462 e. The topological polar surface area (TPSA) is 155 Å². The number of phosphoric acid groups is 1. The van der Waals surface area contributed by atoms with Gasteiger partial charge in [0.15, 0.2) is 0 Å². The van der Waals surface area contributed by atoms with Crippen LogP contribution in [0.15, 0.2) is 61.1 Å². The molecule has 2 N–H and O–H groups in total. The lowest BCUT2D eigenvalue weighted by Crippen LogP contribution is -2.26. The van der Waals surface area contributed by atoms with Crippen molar-refractivity contribution in [3.63, 3.8) is 0 Å². The monoisotopic (exact) mass is 825 g/mol. The Morgan fingerprint density at radius 2 is 1.73 bits per heavy atom. The maximum absolute atomic E-state index is 14.0. The van der Waals surface area contributed by atoms with Crippen LogP contribution in [0.5, 0.6) is 5.75 Å². The number of anilines is 1. The largest absolute Gasteiger partial charge is 0.531 e. The van der Waals surface area contributed by atoms with Crippen molar-refractivity contribution in [3.8, 4) is 5.75 Å². The number of phosphoric ester groups is 1. The predicted molar refractivity (Wildman–Crippen MR) is 215 cm³/mol. The van der Waals surface area contributed by atoms with Gasteiger partial charge in [-0.2, -0.15) is 0 Å². The number of thiophene rings is 1. The maximum Gasteiger partial charge on any atom is 0.531 e. The van der Waals surface area contributed by atoms with Crippen molar-refractivity contribution in [1.82, 2.24) is 9.97 Å². The zero-order valence-corrected chi connectivity index (χ0v) is 35.1. The van der Waals surface area contributed by atoms with Crippen LogP contribution in [-0.4, -0.2) is 63.4 Å². The fraction of sp³-hybridized carbons (Fsp3) is 0.463. The minimum absolute atomic E-state index is 0.0288. The number of ether oxygens (including phenoxy) is 2. The number of nitrogens with one attached hydrogen (secondary N) is 1. The van der Waals surface area contributed by atoms with Gasteiger partial charge in [0.1, 0.15) is 30.1 Å². The Morgan fingerprint density at radius 3 is 2.41 bits per heavy atom. The Labute approximate surface area is 336 Å². The van der Waals surface area contributed by atoms with Crippen molar-refractivity contribution in [2.45, 2.75) is 104 Å². The van der Waals surface area contributed by atoms with E-state index in [2.05, 4.69) is 15.3 Å². The van der Waals surface area contributed by atoms with E-state index in [4.69, 9.17) is 34.6 Å². The molecule has 2 aromatic carbocycles. The number of aliphatic hydroxyl groups excluding tert-OH is 1. The van der Waals surface area contributed by atoms with Gasteiger partial charge in [-0.05, 0) is 114 Å². The molecule has 15 heteroatoms. The van der Waals surface area contributed by atoms with E-state index in [0.29, 0.717) is 46.3 Å². The average molecular weight is 826 g/mol. The molecule has 0 radical (unpaired) electrons. The van der Waals surface area contributed by atoms with E-state index < -0.39 is 31.1 Å². The zero-order valence-electron chi connectivity index (χ0n) is 32.7. The molecule has 3 heterocycles. The molecule has 56 heavy (non-hydrogen) atoms. The summed E-state index contributed by atoms with van der Waals surface area (Å²) in [6.07, 6.45) is 3.66. The van der Waals surface area contributed by atoms with E-state index in [1.165, 1.54) is 29.4 Å². The number of aromatic nitrogens is 2. The Balaban J connectivity index is 1.08. The summed E-state index contributed by atoms with van der Waals surface area (Å²) in [5.41, 5.74) is 2.49. The van der Waals surface area contributed by atoms with Gasteiger partial charge < -0.3 is 24.4 Å². The van der Waals surface area contributed by atoms with E-state index in [9.17, 15) is 19.3 Å². The molecular weight excluding hydrogens is 777 g/mol. The Bertz CT molecular complexity index is 2080. The normalized spacial score (nSPS) is 20.0. The fourth-order valence-corrected chi connectivity index (χ4v) is 9.93. The van der Waals surface area contributed by atoms with Gasteiger partial charge in [-0.25, -0.2) is 14.5 Å². The first kappa shape index (κ1) is 41.9. The molecule has 2 aliphatic rings. The van der Waals surface area contributed by atoms with Gasteiger partial charge >= 0.3 is 13.8 Å². The Kier molecular flexibility index (Phi) is 12.8. The van der Waals surface area contributed by atoms with Gasteiger partial charge in [-0.1, -0.05) is 29.8 Å². The summed E-state index contributed by atoms with van der Waals surface area (Å²) in [4.78, 5) is 37.2. The quantitative estimate of drug-likeness (QED) is 0.0752. The van der Waals surface area contributed by atoms with Gasteiger partial charge in [0.05, 0.1) is 34.7 Å². The van der Waals surface area contributed by atoms with E-state index in [0.717, 1.165) is 22.4 Å². The minimum atomic E-state index is -3.99. The molecule has 1 fully saturated rings. The molecule has 6 rings (SSSR count). The molecule has 300 valence electrons. The summed E-state index contributed by atoms with van der Waals surface area (Å²) in [5, 5.41) is 14.2. The number of carbonyl (C=O) groups excluding carboxylic acids is 2. The first-order valence-corrected chi connectivity index (χ1v) is 21.3. The van der Waals surface area contributed by atoms with Crippen LogP contribution in [0.3, 0.4) is 0 Å². The first-order valence-electron chi connectivity index (χ1n) is 18.6. The number of halogens is 1. The highest BCUT2D eigenvalue weighted by molar-refractivity contribution is 7.49. The van der Waals surface area contributed by atoms with Crippen molar-refractivity contribution in [2.75, 3.05) is 18.5 Å². The summed E-state index contributed by atoms with van der Waals surface area (Å²) in [5.74, 6) is -0.380. The second kappa shape index (κ2) is 17.0. The van der Waals surface area contributed by atoms with Gasteiger partial charge in [-0.15, -0.1) is 11.3 Å². The lowest BCUT2D eigenvalue weighted by atomic mass is 9.93. The number of carbonyl (C=O) groups is 2. The third-order valence-corrected chi connectivity index (χ3v) is 12.5. The number of hydrogen-bond acceptors (Lipinski definition) is 13. The van der Waals surface area contributed by atoms with Crippen molar-refractivity contribution in [1.29, 1.82) is 0 Å². The lowest BCUT2D eigenvalue weighted by molar-refractivity contribution is -0.150. The Hall–Kier alpha value is -3.68. The third kappa shape index (κ3) is 10.6. The molecule has 0 amide bonds. The number of aryl methyl sites for hydroxylation is 1. The average Bonchev–Trinajstić information content (AvgIpc) is 3.68. The third-order valence-electron chi connectivity index (χ3n) is 9.21. The molecule has 4 atom stereocenters. The standard InChI is InChI=1S/C41H49ClN3O9PS/c1-24-31(38-32-18-28(42)11-10-26(32)14-15-50-38)20-35(56-24)37(48)33-21-43-23-44-39(33)45-29-17-27(22-46)34(19-29)51-36(47)16-25-8-12-30(13-9-25)52-55(49,53-40(2,3)4)54-41(5,6)7/h8-13,18,20-21,23,27,29,34,38,46H,14-17,19,22H2,1-7H3,(H,43,44,45)/t27-,29-,34+,38+/m1/s1. The molecule has 0 saturated heterocycles. The van der Waals surface area contributed by atoms with Crippen LogP contribution in [0.1, 0.15) is 103 Å². The summed E-state index contributed by atoms with van der Waals surface area (Å²) in [6, 6.07) is 14.0. The van der Waals surface area contributed by atoms with Crippen LogP contribution in [0, 0.1) is 12.8 Å². The molecule has 1 saturated carbocycles. The second-order valence-corrected chi connectivity index (χ2v) is 19.3. The second-order valence-electron chi connectivity index (χ2n) is 16.1. The molecule has 1 aliphatic heterocycles. The van der Waals surface area contributed by atoms with Crippen LogP contribution in [0.25, 0.3) is 0 Å². The molecule has 2 aromatic heterocycles. The molecule has 4 aromatic rings. The molecule has 0 bridgehead atoms. The number of fused-ring (bicyclic) bond motifs is 1. The number of aliphatic hydroxyl groups is 1. The van der Waals surface area contributed by atoms with Crippen LogP contribution < -0.4 is 9.84 Å². The number of ketones is 1. The van der Waals surface area contributed by atoms with Crippen molar-refractivity contribution in [3.05, 3.63) is 104 Å². The van der Waals surface area contributed by atoms with Gasteiger partial charge in [-0.3, -0.25) is 18.6 Å². The zero-order chi connectivity index (χ0) is 40.4. The van der Waals surface area contributed by atoms with Crippen molar-refractivity contribution < 1.29 is 42.3 Å². The van der Waals surface area contributed by atoms with Gasteiger partial charge in [0.2, 0.25) is 5.78 Å². The highest BCUT2D eigenvalue weighted by Gasteiger charge is 2.40. The van der Waals surface area contributed by atoms with Crippen molar-refractivity contribution >= 4 is 48.3 Å². The summed E-state index contributed by atoms with van der Waals surface area (Å²) >= 11 is 7.73. The number of hydrogen-bond donors (Lipinski definition) is 2. The van der Waals surface area contributed by atoms with E-state index in [-0.39, 0.29) is 42.6 Å². The smallest absolute Gasteiger partial charge is 0.462 e. The maximum atomic E-state index is 14.0. The number of benzene rings is 2. The lowest BCUT2D eigenvalue weighted by Gasteiger charge is -2.30. The summed E-state index contributed by atoms with van der Waals surface area (Å²) in [7, 11) is -3.99. The van der Waals surface area contributed by atoms with Crippen molar-refractivity contribution in [2.24, 2.45) is 5.92 Å². The molecule has 12 nitrogen and oxygen atoms in total. The van der Waals surface area contributed by atoms with E-state index in [1.54, 1.807) is 65.8 Å². The SMILES string of the molecule is Cc1sc(C(=O)c2cncnc2N[C@@H]2C[C@H](CO)[C@@H](OC(=O)Cc3ccc(OP(=O)(OC(C)(C)C)OC(C)(C)C)cc3)C2)cc1[C@@H]1OCCc2ccc(Cl)cc21. The van der Waals surface area contributed by atoms with E-state index >= 15 is 0 Å². The van der Waals surface area contributed by atoms with Crippen LogP contribution in [-0.2, 0) is 40.7 Å². The molecule has 1 aliphatic carbocycles. The summed E-state index contributed by atoms with van der Waals surface area (Å²) < 4.78 is 42.7. The van der Waals surface area contributed by atoms with Gasteiger partial charge in [0, 0.05) is 41.1 Å². The summed E-state index contributed by atoms with van der Waals surface area (Å²) in [6.45, 7) is 12.9. The number of nitrogens with zero attached hydrogens (tertiary/aromatic N) is 2. The molecule has 0 unspecified atom stereocenters. The van der Waals surface area contributed by atoms with Crippen LogP contribution in [0.2, 0.25) is 5.02 Å². The fourth-order valence-electron chi connectivity index (χ4n) is 6.92. The van der Waals surface area contributed by atoms with Crippen LogP contribution >= 0.6 is 30.8 Å². The highest BCUT2D eigenvalue weighted by atomic mass is 35.5. The van der Waals surface area contributed by atoms with E-state index in [1.807, 2.05) is 31.2 Å². The number of esters is 1. The Morgan fingerprint density at radius 1 is 1.02 bits per heavy atom.